The Balaban J connectivity index is 2.28. The molecule has 3 unspecified atom stereocenters. The number of benzene rings is 1. The van der Waals surface area contributed by atoms with Crippen LogP contribution in [0.15, 0.2) is 30.3 Å². The third kappa shape index (κ3) is 2.27. The molecular formula is C17H26. The van der Waals surface area contributed by atoms with Crippen LogP contribution >= 0.6 is 0 Å². The van der Waals surface area contributed by atoms with Crippen molar-refractivity contribution in [2.75, 3.05) is 0 Å². The molecular weight excluding hydrogens is 204 g/mol. The fourth-order valence-electron chi connectivity index (χ4n) is 3.36. The zero-order valence-electron chi connectivity index (χ0n) is 12.0. The second kappa shape index (κ2) is 4.15. The van der Waals surface area contributed by atoms with Gasteiger partial charge >= 0.3 is 0 Å². The van der Waals surface area contributed by atoms with Crippen LogP contribution in [0.1, 0.15) is 53.0 Å². The first kappa shape index (κ1) is 12.7. The predicted molar refractivity (Wildman–Crippen MR) is 75.1 cm³/mol. The van der Waals surface area contributed by atoms with Crippen molar-refractivity contribution < 1.29 is 0 Å². The fraction of sp³-hybridized carbons (Fsp3) is 0.647. The van der Waals surface area contributed by atoms with Gasteiger partial charge in [-0.05, 0) is 41.1 Å². The lowest BCUT2D eigenvalue weighted by molar-refractivity contribution is 0.235. The summed E-state index contributed by atoms with van der Waals surface area (Å²) in [5, 5.41) is 0. The smallest absolute Gasteiger partial charge is 0.00467 e. The van der Waals surface area contributed by atoms with E-state index in [1.54, 1.807) is 0 Å². The summed E-state index contributed by atoms with van der Waals surface area (Å²) in [7, 11) is 0. The SMILES string of the molecule is CC1CC(C(C)(C)C)CC1(C)c1ccccc1. The summed E-state index contributed by atoms with van der Waals surface area (Å²) < 4.78 is 0. The van der Waals surface area contributed by atoms with Crippen LogP contribution < -0.4 is 0 Å². The lowest BCUT2D eigenvalue weighted by Gasteiger charge is -2.32. The van der Waals surface area contributed by atoms with Gasteiger partial charge in [-0.25, -0.2) is 0 Å². The van der Waals surface area contributed by atoms with Crippen LogP contribution in [-0.2, 0) is 5.41 Å². The van der Waals surface area contributed by atoms with Crippen LogP contribution in [0.2, 0.25) is 0 Å². The Morgan fingerprint density at radius 3 is 2.18 bits per heavy atom. The van der Waals surface area contributed by atoms with Gasteiger partial charge in [-0.1, -0.05) is 65.0 Å². The van der Waals surface area contributed by atoms with Crippen LogP contribution in [0.25, 0.3) is 0 Å². The van der Waals surface area contributed by atoms with Gasteiger partial charge in [0.25, 0.3) is 0 Å². The second-order valence-electron chi connectivity index (χ2n) is 7.19. The number of rotatable bonds is 1. The van der Waals surface area contributed by atoms with Crippen molar-refractivity contribution >= 4 is 0 Å². The summed E-state index contributed by atoms with van der Waals surface area (Å²) in [5.74, 6) is 1.64. The molecule has 2 rings (SSSR count). The van der Waals surface area contributed by atoms with E-state index in [1.165, 1.54) is 18.4 Å². The predicted octanol–water partition coefficient (Wildman–Crippen LogP) is 5.04. The van der Waals surface area contributed by atoms with Gasteiger partial charge in [0.15, 0.2) is 0 Å². The highest BCUT2D eigenvalue weighted by molar-refractivity contribution is 5.27. The second-order valence-corrected chi connectivity index (χ2v) is 7.19. The summed E-state index contributed by atoms with van der Waals surface area (Å²) >= 11 is 0. The van der Waals surface area contributed by atoms with E-state index in [9.17, 15) is 0 Å². The molecule has 0 heterocycles. The van der Waals surface area contributed by atoms with E-state index in [0.29, 0.717) is 10.8 Å². The van der Waals surface area contributed by atoms with Crippen LogP contribution in [-0.4, -0.2) is 0 Å². The summed E-state index contributed by atoms with van der Waals surface area (Å²) in [6, 6.07) is 11.1. The van der Waals surface area contributed by atoms with Crippen molar-refractivity contribution in [2.24, 2.45) is 17.3 Å². The lowest BCUT2D eigenvalue weighted by Crippen LogP contribution is -2.25. The molecule has 0 heteroatoms. The van der Waals surface area contributed by atoms with E-state index >= 15 is 0 Å². The molecule has 0 aromatic heterocycles. The molecule has 1 aliphatic rings. The van der Waals surface area contributed by atoms with Gasteiger partial charge < -0.3 is 0 Å². The summed E-state index contributed by atoms with van der Waals surface area (Å²) in [6.45, 7) is 12.1. The van der Waals surface area contributed by atoms with Gasteiger partial charge in [0.2, 0.25) is 0 Å². The van der Waals surface area contributed by atoms with Crippen LogP contribution in [0.5, 0.6) is 0 Å². The Morgan fingerprint density at radius 1 is 1.12 bits per heavy atom. The van der Waals surface area contributed by atoms with Crippen LogP contribution in [0, 0.1) is 17.3 Å². The molecule has 3 atom stereocenters. The Labute approximate surface area is 106 Å². The minimum Gasteiger partial charge on any atom is -0.0622 e. The van der Waals surface area contributed by atoms with Gasteiger partial charge in [0, 0.05) is 0 Å². The zero-order valence-corrected chi connectivity index (χ0v) is 12.0. The molecule has 0 aliphatic heterocycles. The molecule has 0 radical (unpaired) electrons. The Bertz CT molecular complexity index is 371. The highest BCUT2D eigenvalue weighted by Gasteiger charge is 2.45. The van der Waals surface area contributed by atoms with E-state index in [1.807, 2.05) is 0 Å². The summed E-state index contributed by atoms with van der Waals surface area (Å²) in [5.41, 5.74) is 2.35. The van der Waals surface area contributed by atoms with Gasteiger partial charge in [0.1, 0.15) is 0 Å². The average Bonchev–Trinajstić information content (AvgIpc) is 2.58. The first-order valence-corrected chi connectivity index (χ1v) is 6.89. The van der Waals surface area contributed by atoms with E-state index in [2.05, 4.69) is 65.0 Å². The van der Waals surface area contributed by atoms with Crippen molar-refractivity contribution in [1.29, 1.82) is 0 Å². The minimum absolute atomic E-state index is 0.374. The van der Waals surface area contributed by atoms with E-state index in [4.69, 9.17) is 0 Å². The molecule has 0 spiro atoms. The molecule has 1 aromatic carbocycles. The van der Waals surface area contributed by atoms with Gasteiger partial charge in [-0.3, -0.25) is 0 Å². The van der Waals surface area contributed by atoms with Gasteiger partial charge in [0.05, 0.1) is 0 Å². The molecule has 1 fully saturated rings. The average molecular weight is 230 g/mol. The van der Waals surface area contributed by atoms with Gasteiger partial charge in [-0.2, -0.15) is 0 Å². The lowest BCUT2D eigenvalue weighted by atomic mass is 9.73. The fourth-order valence-corrected chi connectivity index (χ4v) is 3.36. The molecule has 0 bridgehead atoms. The Hall–Kier alpha value is -0.780. The molecule has 0 nitrogen and oxygen atoms in total. The molecule has 94 valence electrons. The normalized spacial score (nSPS) is 33.9. The maximum Gasteiger partial charge on any atom is -0.00467 e. The molecule has 1 aromatic rings. The quantitative estimate of drug-likeness (QED) is 0.634. The highest BCUT2D eigenvalue weighted by Crippen LogP contribution is 2.53. The first-order valence-electron chi connectivity index (χ1n) is 6.89. The molecule has 0 N–H and O–H groups in total. The van der Waals surface area contributed by atoms with Crippen molar-refractivity contribution in [3.63, 3.8) is 0 Å². The van der Waals surface area contributed by atoms with Crippen LogP contribution in [0.3, 0.4) is 0 Å². The zero-order chi connectivity index (χ0) is 12.7. The first-order chi connectivity index (χ1) is 7.84. The summed E-state index contributed by atoms with van der Waals surface area (Å²) in [4.78, 5) is 0. The van der Waals surface area contributed by atoms with E-state index in [-0.39, 0.29) is 0 Å². The van der Waals surface area contributed by atoms with Crippen molar-refractivity contribution in [3.05, 3.63) is 35.9 Å². The Kier molecular flexibility index (Phi) is 3.10. The topological polar surface area (TPSA) is 0 Å². The van der Waals surface area contributed by atoms with Gasteiger partial charge in [-0.15, -0.1) is 0 Å². The monoisotopic (exact) mass is 230 g/mol. The maximum atomic E-state index is 2.46. The molecule has 0 amide bonds. The molecule has 1 saturated carbocycles. The molecule has 0 saturated heterocycles. The largest absolute Gasteiger partial charge is 0.0622 e. The summed E-state index contributed by atoms with van der Waals surface area (Å²) in [6.07, 6.45) is 2.70. The van der Waals surface area contributed by atoms with Crippen molar-refractivity contribution in [3.8, 4) is 0 Å². The number of hydrogen-bond donors (Lipinski definition) is 0. The third-order valence-electron chi connectivity index (χ3n) is 5.05. The minimum atomic E-state index is 0.374. The van der Waals surface area contributed by atoms with E-state index in [0.717, 1.165) is 11.8 Å². The van der Waals surface area contributed by atoms with E-state index < -0.39 is 0 Å². The maximum absolute atomic E-state index is 2.46. The van der Waals surface area contributed by atoms with Crippen molar-refractivity contribution in [2.45, 2.75) is 52.9 Å². The highest BCUT2D eigenvalue weighted by atomic mass is 14.5. The number of hydrogen-bond acceptors (Lipinski definition) is 0. The third-order valence-corrected chi connectivity index (χ3v) is 5.05. The Morgan fingerprint density at radius 2 is 1.71 bits per heavy atom. The molecule has 1 aliphatic carbocycles. The van der Waals surface area contributed by atoms with Crippen molar-refractivity contribution in [1.82, 2.24) is 0 Å². The van der Waals surface area contributed by atoms with Crippen LogP contribution in [0.4, 0.5) is 0 Å². The standard InChI is InChI=1S/C17H26/c1-13-11-15(16(2,3)4)12-17(13,5)14-9-7-6-8-10-14/h6-10,13,15H,11-12H2,1-5H3. The molecule has 17 heavy (non-hydrogen) atoms.